The van der Waals surface area contributed by atoms with Crippen LogP contribution in [0.25, 0.3) is 0 Å². The van der Waals surface area contributed by atoms with Crippen molar-refractivity contribution >= 4 is 0 Å². The normalized spacial score (nSPS) is 19.8. The van der Waals surface area contributed by atoms with Gasteiger partial charge in [0.25, 0.3) is 0 Å². The number of fused-ring (bicyclic) bond motifs is 1. The number of hydrogen-bond acceptors (Lipinski definition) is 7. The van der Waals surface area contributed by atoms with E-state index in [-0.39, 0.29) is 11.2 Å². The van der Waals surface area contributed by atoms with E-state index in [2.05, 4.69) is 26.8 Å². The average molecular weight is 455 g/mol. The highest BCUT2D eigenvalue weighted by Gasteiger charge is 2.22. The Morgan fingerprint density at radius 3 is 2.24 bits per heavy atom. The highest BCUT2D eigenvalue weighted by Crippen LogP contribution is 2.33. The number of benzene rings is 1. The lowest BCUT2D eigenvalue weighted by atomic mass is 10.1. The smallest absolute Gasteiger partial charge is 0.231 e. The Bertz CT molecular complexity index is 1040. The van der Waals surface area contributed by atoms with E-state index < -0.39 is 0 Å². The summed E-state index contributed by atoms with van der Waals surface area (Å²) in [5, 5.41) is 10.6. The monoisotopic (exact) mass is 454 g/mol. The number of piperidine rings is 1. The molecule has 2 fully saturated rings. The largest absolute Gasteiger partial charge is 0.503 e. The van der Waals surface area contributed by atoms with Crippen LogP contribution in [0, 0.1) is 0 Å². The van der Waals surface area contributed by atoms with Crippen LogP contribution in [0.5, 0.6) is 17.2 Å². The zero-order chi connectivity index (χ0) is 22.8. The van der Waals surface area contributed by atoms with Crippen LogP contribution in [0.15, 0.2) is 29.1 Å². The summed E-state index contributed by atoms with van der Waals surface area (Å²) >= 11 is 0. The number of pyridine rings is 1. The highest BCUT2D eigenvalue weighted by atomic mass is 16.7. The molecule has 0 aliphatic carbocycles. The third-order valence-electron chi connectivity index (χ3n) is 7.16. The molecule has 8 heteroatoms. The molecule has 0 saturated carbocycles. The van der Waals surface area contributed by atoms with Gasteiger partial charge in [0.15, 0.2) is 17.2 Å². The fraction of sp³-hybridized carbons (Fsp3) is 0.560. The zero-order valence-electron chi connectivity index (χ0n) is 19.5. The molecule has 0 amide bonds. The van der Waals surface area contributed by atoms with E-state index in [1.165, 1.54) is 24.8 Å². The van der Waals surface area contributed by atoms with Crippen LogP contribution in [0.1, 0.15) is 36.2 Å². The van der Waals surface area contributed by atoms with Crippen molar-refractivity contribution in [2.45, 2.75) is 38.9 Å². The van der Waals surface area contributed by atoms with Crippen molar-refractivity contribution in [1.82, 2.24) is 19.3 Å². The molecule has 8 nitrogen and oxygen atoms in total. The maximum atomic E-state index is 12.5. The van der Waals surface area contributed by atoms with E-state index in [4.69, 9.17) is 9.47 Å². The fourth-order valence-electron chi connectivity index (χ4n) is 5.09. The van der Waals surface area contributed by atoms with Gasteiger partial charge in [-0.2, -0.15) is 0 Å². The molecule has 3 aliphatic rings. The summed E-state index contributed by atoms with van der Waals surface area (Å²) in [6, 6.07) is 7.75. The predicted molar refractivity (Wildman–Crippen MR) is 126 cm³/mol. The van der Waals surface area contributed by atoms with Crippen molar-refractivity contribution in [3.8, 4) is 17.2 Å². The van der Waals surface area contributed by atoms with Gasteiger partial charge in [-0.3, -0.25) is 19.5 Å². The molecule has 0 unspecified atom stereocenters. The van der Waals surface area contributed by atoms with Crippen LogP contribution in [0.2, 0.25) is 0 Å². The first-order valence-corrected chi connectivity index (χ1v) is 12.0. The highest BCUT2D eigenvalue weighted by molar-refractivity contribution is 5.44. The van der Waals surface area contributed by atoms with Gasteiger partial charge in [-0.1, -0.05) is 12.5 Å². The summed E-state index contributed by atoms with van der Waals surface area (Å²) in [6.45, 7) is 8.36. The summed E-state index contributed by atoms with van der Waals surface area (Å²) in [4.78, 5) is 19.7. The zero-order valence-corrected chi connectivity index (χ0v) is 19.5. The Morgan fingerprint density at radius 2 is 1.48 bits per heavy atom. The van der Waals surface area contributed by atoms with E-state index in [1.54, 1.807) is 6.07 Å². The molecule has 2 saturated heterocycles. The predicted octanol–water partition coefficient (Wildman–Crippen LogP) is 2.12. The Kier molecular flexibility index (Phi) is 6.57. The van der Waals surface area contributed by atoms with Gasteiger partial charge in [-0.05, 0) is 43.6 Å². The van der Waals surface area contributed by atoms with E-state index in [0.717, 1.165) is 75.2 Å². The SMILES string of the molecule is Cn1c(CN2CCCCC2)cc(=O)c(O)c1CN1CCN(Cc2ccc3c(c2)OCO3)CC1. The number of hydrogen-bond donors (Lipinski definition) is 1. The number of nitrogens with zero attached hydrogens (tertiary/aromatic N) is 4. The number of aromatic hydroxyl groups is 1. The summed E-state index contributed by atoms with van der Waals surface area (Å²) in [5.41, 5.74) is 2.66. The first-order valence-electron chi connectivity index (χ1n) is 12.0. The Morgan fingerprint density at radius 1 is 0.818 bits per heavy atom. The lowest BCUT2D eigenvalue weighted by molar-refractivity contribution is 0.119. The van der Waals surface area contributed by atoms with Gasteiger partial charge >= 0.3 is 0 Å². The van der Waals surface area contributed by atoms with Gasteiger partial charge in [0.05, 0.1) is 5.69 Å². The van der Waals surface area contributed by atoms with Crippen molar-refractivity contribution in [3.63, 3.8) is 0 Å². The van der Waals surface area contributed by atoms with Crippen molar-refractivity contribution in [2.24, 2.45) is 7.05 Å². The summed E-state index contributed by atoms with van der Waals surface area (Å²) < 4.78 is 12.9. The first-order chi connectivity index (χ1) is 16.1. The first kappa shape index (κ1) is 22.3. The molecule has 2 aromatic rings. The summed E-state index contributed by atoms with van der Waals surface area (Å²) in [7, 11) is 1.98. The number of piperazine rings is 1. The molecule has 33 heavy (non-hydrogen) atoms. The van der Waals surface area contributed by atoms with Crippen molar-refractivity contribution in [2.75, 3.05) is 46.1 Å². The standard InChI is InChI=1S/C25H34N4O4/c1-26-20(16-27-7-3-2-4-8-27)14-22(30)25(31)21(26)17-29-11-9-28(10-12-29)15-19-5-6-23-24(13-19)33-18-32-23/h5-6,13-14,31H,2-4,7-12,15-18H2,1H3. The topological polar surface area (TPSA) is 70.4 Å². The van der Waals surface area contributed by atoms with Crippen LogP contribution in [-0.2, 0) is 26.7 Å². The second-order valence-corrected chi connectivity index (χ2v) is 9.43. The van der Waals surface area contributed by atoms with E-state index in [0.29, 0.717) is 13.3 Å². The maximum absolute atomic E-state index is 12.5. The van der Waals surface area contributed by atoms with E-state index >= 15 is 0 Å². The molecule has 0 atom stereocenters. The lowest BCUT2D eigenvalue weighted by Crippen LogP contribution is -2.45. The van der Waals surface area contributed by atoms with Crippen molar-refractivity contribution in [1.29, 1.82) is 0 Å². The third-order valence-corrected chi connectivity index (χ3v) is 7.16. The Labute approximate surface area is 194 Å². The third kappa shape index (κ3) is 5.03. The van der Waals surface area contributed by atoms with Gasteiger partial charge in [-0.15, -0.1) is 0 Å². The van der Waals surface area contributed by atoms with Crippen LogP contribution in [0.3, 0.4) is 0 Å². The van der Waals surface area contributed by atoms with Crippen molar-refractivity contribution in [3.05, 3.63) is 51.4 Å². The molecule has 178 valence electrons. The molecular formula is C25H34N4O4. The van der Waals surface area contributed by atoms with Gasteiger partial charge < -0.3 is 19.1 Å². The van der Waals surface area contributed by atoms with E-state index in [9.17, 15) is 9.90 Å². The minimum absolute atomic E-state index is 0.109. The lowest BCUT2D eigenvalue weighted by Gasteiger charge is -2.35. The molecule has 0 radical (unpaired) electrons. The van der Waals surface area contributed by atoms with Crippen LogP contribution < -0.4 is 14.9 Å². The molecule has 5 rings (SSSR count). The van der Waals surface area contributed by atoms with Gasteiger partial charge in [0.1, 0.15) is 0 Å². The van der Waals surface area contributed by atoms with Gasteiger partial charge in [0.2, 0.25) is 12.2 Å². The molecule has 1 aromatic heterocycles. The molecule has 0 bridgehead atoms. The molecular weight excluding hydrogens is 420 g/mol. The summed E-state index contributed by atoms with van der Waals surface area (Å²) in [6.07, 6.45) is 3.72. The number of rotatable bonds is 6. The molecule has 1 N–H and O–H groups in total. The van der Waals surface area contributed by atoms with Crippen LogP contribution in [0.4, 0.5) is 0 Å². The quantitative estimate of drug-likeness (QED) is 0.717. The Hall–Kier alpha value is -2.55. The van der Waals surface area contributed by atoms with E-state index in [1.807, 2.05) is 17.7 Å². The second kappa shape index (κ2) is 9.75. The second-order valence-electron chi connectivity index (χ2n) is 9.43. The molecule has 3 aliphatic heterocycles. The van der Waals surface area contributed by atoms with Gasteiger partial charge in [0, 0.05) is 64.6 Å². The maximum Gasteiger partial charge on any atom is 0.231 e. The molecule has 1 aromatic carbocycles. The minimum Gasteiger partial charge on any atom is -0.503 e. The molecule has 0 spiro atoms. The summed E-state index contributed by atoms with van der Waals surface area (Å²) in [5.74, 6) is 1.53. The van der Waals surface area contributed by atoms with Crippen molar-refractivity contribution < 1.29 is 14.6 Å². The van der Waals surface area contributed by atoms with Gasteiger partial charge in [-0.25, -0.2) is 0 Å². The van der Waals surface area contributed by atoms with Crippen LogP contribution in [-0.4, -0.2) is 70.4 Å². The number of aromatic nitrogens is 1. The number of ether oxygens (including phenoxy) is 2. The molecule has 4 heterocycles. The van der Waals surface area contributed by atoms with Crippen LogP contribution >= 0.6 is 0 Å². The fourth-order valence-corrected chi connectivity index (χ4v) is 5.09. The Balaban J connectivity index is 1.20. The number of likely N-dealkylation sites (tertiary alicyclic amines) is 1. The minimum atomic E-state index is -0.267. The average Bonchev–Trinajstić information content (AvgIpc) is 3.30.